The maximum atomic E-state index is 12.5. The minimum absolute atomic E-state index is 0.0215. The third-order valence-corrected chi connectivity index (χ3v) is 5.12. The van der Waals surface area contributed by atoms with Gasteiger partial charge in [0.2, 0.25) is 11.1 Å². The predicted octanol–water partition coefficient (Wildman–Crippen LogP) is 4.00. The summed E-state index contributed by atoms with van der Waals surface area (Å²) in [5, 5.41) is 14.6. The summed E-state index contributed by atoms with van der Waals surface area (Å²) in [4.78, 5) is 12.5. The Bertz CT molecular complexity index is 974. The van der Waals surface area contributed by atoms with Gasteiger partial charge in [0.15, 0.2) is 0 Å². The molecule has 0 aliphatic heterocycles. The van der Waals surface area contributed by atoms with Gasteiger partial charge in [0, 0.05) is 5.69 Å². The lowest BCUT2D eigenvalue weighted by atomic mass is 10.1. The van der Waals surface area contributed by atoms with Crippen molar-refractivity contribution in [2.75, 3.05) is 5.32 Å². The number of nitrogens with zero attached hydrogens (tertiary/aromatic N) is 4. The number of rotatable bonds is 7. The van der Waals surface area contributed by atoms with Crippen LogP contribution >= 0.6 is 11.8 Å². The molecule has 0 radical (unpaired) electrons. The predicted molar refractivity (Wildman–Crippen MR) is 106 cm³/mol. The number of halogens is 2. The second-order valence-electron chi connectivity index (χ2n) is 6.27. The molecule has 1 atom stereocenters. The van der Waals surface area contributed by atoms with Crippen molar-refractivity contribution in [1.29, 1.82) is 0 Å². The van der Waals surface area contributed by atoms with Crippen molar-refractivity contribution >= 4 is 23.4 Å². The minimum atomic E-state index is -2.89. The molecule has 1 amide bonds. The molecular weight excluding hydrogens is 400 g/mol. The third-order valence-electron chi connectivity index (χ3n) is 4.09. The van der Waals surface area contributed by atoms with Crippen molar-refractivity contribution in [3.63, 3.8) is 0 Å². The van der Waals surface area contributed by atoms with Crippen molar-refractivity contribution in [3.8, 4) is 11.4 Å². The second-order valence-corrected chi connectivity index (χ2v) is 7.57. The lowest BCUT2D eigenvalue weighted by Gasteiger charge is -2.14. The first kappa shape index (κ1) is 20.7. The average molecular weight is 419 g/mol. The van der Waals surface area contributed by atoms with Gasteiger partial charge < -0.3 is 10.1 Å². The second kappa shape index (κ2) is 8.99. The number of anilines is 1. The molecule has 0 saturated heterocycles. The maximum Gasteiger partial charge on any atom is 0.387 e. The summed E-state index contributed by atoms with van der Waals surface area (Å²) in [5.74, 6) is -0.248. The molecule has 10 heteroatoms. The van der Waals surface area contributed by atoms with Crippen molar-refractivity contribution in [2.45, 2.75) is 37.8 Å². The molecule has 152 valence electrons. The zero-order valence-electron chi connectivity index (χ0n) is 16.0. The maximum absolute atomic E-state index is 12.5. The number of amides is 1. The van der Waals surface area contributed by atoms with E-state index in [0.29, 0.717) is 10.8 Å². The molecule has 1 N–H and O–H groups in total. The highest BCUT2D eigenvalue weighted by atomic mass is 32.2. The summed E-state index contributed by atoms with van der Waals surface area (Å²) >= 11 is 1.22. The number of benzene rings is 2. The van der Waals surface area contributed by atoms with E-state index in [1.807, 2.05) is 32.0 Å². The standard InChI is InChI=1S/C19H19F2N5O2S/c1-11-5-4-6-12(2)16(11)26-19(23-24-25-26)29-13(3)17(27)22-14-7-9-15(10-8-14)28-18(20)21/h4-10,13,18H,1-3H3,(H,22,27). The fourth-order valence-electron chi connectivity index (χ4n) is 2.71. The Morgan fingerprint density at radius 1 is 1.14 bits per heavy atom. The molecule has 7 nitrogen and oxygen atoms in total. The number of thioether (sulfide) groups is 1. The Balaban J connectivity index is 1.69. The zero-order chi connectivity index (χ0) is 21.0. The summed E-state index contributed by atoms with van der Waals surface area (Å²) in [6, 6.07) is 11.6. The summed E-state index contributed by atoms with van der Waals surface area (Å²) in [7, 11) is 0. The van der Waals surface area contributed by atoms with Crippen LogP contribution in [-0.2, 0) is 4.79 Å². The number of tetrazole rings is 1. The van der Waals surface area contributed by atoms with E-state index in [-0.39, 0.29) is 11.7 Å². The number of para-hydroxylation sites is 1. The van der Waals surface area contributed by atoms with Crippen molar-refractivity contribution in [2.24, 2.45) is 0 Å². The number of hydrogen-bond donors (Lipinski definition) is 1. The highest BCUT2D eigenvalue weighted by molar-refractivity contribution is 8.00. The fraction of sp³-hybridized carbons (Fsp3) is 0.263. The molecule has 0 spiro atoms. The Hall–Kier alpha value is -3.01. The van der Waals surface area contributed by atoms with Crippen LogP contribution in [0.4, 0.5) is 14.5 Å². The van der Waals surface area contributed by atoms with Gasteiger partial charge in [-0.15, -0.1) is 5.10 Å². The number of aromatic nitrogens is 4. The first-order valence-electron chi connectivity index (χ1n) is 8.72. The number of carbonyl (C=O) groups is 1. The van der Waals surface area contributed by atoms with Gasteiger partial charge in [0.25, 0.3) is 0 Å². The molecule has 0 fully saturated rings. The van der Waals surface area contributed by atoms with E-state index in [2.05, 4.69) is 25.6 Å². The molecule has 3 aromatic rings. The average Bonchev–Trinajstić information content (AvgIpc) is 3.10. The minimum Gasteiger partial charge on any atom is -0.435 e. The number of carbonyl (C=O) groups excluding carboxylic acids is 1. The van der Waals surface area contributed by atoms with Crippen LogP contribution in [0.3, 0.4) is 0 Å². The summed E-state index contributed by atoms with van der Waals surface area (Å²) in [5.41, 5.74) is 3.38. The van der Waals surface area contributed by atoms with Gasteiger partial charge in [-0.2, -0.15) is 13.5 Å². The molecule has 1 unspecified atom stereocenters. The first-order chi connectivity index (χ1) is 13.8. The van der Waals surface area contributed by atoms with Gasteiger partial charge in [0.1, 0.15) is 5.75 Å². The van der Waals surface area contributed by atoms with Crippen LogP contribution in [0.5, 0.6) is 5.75 Å². The van der Waals surface area contributed by atoms with Crippen molar-refractivity contribution in [1.82, 2.24) is 20.2 Å². The molecule has 1 aromatic heterocycles. The molecule has 0 bridgehead atoms. The molecular formula is C19H19F2N5O2S. The monoisotopic (exact) mass is 419 g/mol. The molecule has 0 saturated carbocycles. The first-order valence-corrected chi connectivity index (χ1v) is 9.60. The molecule has 29 heavy (non-hydrogen) atoms. The Morgan fingerprint density at radius 3 is 2.41 bits per heavy atom. The topological polar surface area (TPSA) is 81.9 Å². The highest BCUT2D eigenvalue weighted by Gasteiger charge is 2.20. The van der Waals surface area contributed by atoms with E-state index >= 15 is 0 Å². The summed E-state index contributed by atoms with van der Waals surface area (Å²) < 4.78 is 30.3. The van der Waals surface area contributed by atoms with Gasteiger partial charge in [0.05, 0.1) is 10.9 Å². The normalized spacial score (nSPS) is 12.1. The molecule has 3 rings (SSSR count). The van der Waals surface area contributed by atoms with E-state index < -0.39 is 11.9 Å². The highest BCUT2D eigenvalue weighted by Crippen LogP contribution is 2.27. The fourth-order valence-corrected chi connectivity index (χ4v) is 3.50. The van der Waals surface area contributed by atoms with Crippen LogP contribution in [0.2, 0.25) is 0 Å². The van der Waals surface area contributed by atoms with Crippen LogP contribution in [0, 0.1) is 13.8 Å². The number of ether oxygens (including phenoxy) is 1. The van der Waals surface area contributed by atoms with E-state index in [4.69, 9.17) is 0 Å². The molecule has 0 aliphatic carbocycles. The zero-order valence-corrected chi connectivity index (χ0v) is 16.8. The van der Waals surface area contributed by atoms with Crippen LogP contribution < -0.4 is 10.1 Å². The van der Waals surface area contributed by atoms with E-state index in [9.17, 15) is 13.6 Å². The summed E-state index contributed by atoms with van der Waals surface area (Å²) in [6.07, 6.45) is 0. The van der Waals surface area contributed by atoms with Crippen LogP contribution in [-0.4, -0.2) is 38.0 Å². The quantitative estimate of drug-likeness (QED) is 0.583. The molecule has 0 aliphatic rings. The smallest absolute Gasteiger partial charge is 0.387 e. The Kier molecular flexibility index (Phi) is 6.42. The molecule has 1 heterocycles. The lowest BCUT2D eigenvalue weighted by molar-refractivity contribution is -0.115. The van der Waals surface area contributed by atoms with Gasteiger partial charge in [-0.05, 0) is 66.6 Å². The Labute approximate surface area is 170 Å². The van der Waals surface area contributed by atoms with Crippen molar-refractivity contribution < 1.29 is 18.3 Å². The number of hydrogen-bond acceptors (Lipinski definition) is 6. The third kappa shape index (κ3) is 5.08. The summed E-state index contributed by atoms with van der Waals surface area (Å²) in [6.45, 7) is 2.78. The van der Waals surface area contributed by atoms with E-state index in [1.54, 1.807) is 11.6 Å². The Morgan fingerprint density at radius 2 is 1.79 bits per heavy atom. The van der Waals surface area contributed by atoms with Gasteiger partial charge in [-0.1, -0.05) is 30.0 Å². The van der Waals surface area contributed by atoms with Gasteiger partial charge in [-0.25, -0.2) is 0 Å². The number of nitrogens with one attached hydrogen (secondary N) is 1. The SMILES string of the molecule is Cc1cccc(C)c1-n1nnnc1SC(C)C(=O)Nc1ccc(OC(F)F)cc1. The van der Waals surface area contributed by atoms with Crippen LogP contribution in [0.15, 0.2) is 47.6 Å². The van der Waals surface area contributed by atoms with Crippen LogP contribution in [0.25, 0.3) is 5.69 Å². The van der Waals surface area contributed by atoms with E-state index in [1.165, 1.54) is 36.0 Å². The number of aryl methyl sites for hydroxylation is 2. The van der Waals surface area contributed by atoms with Crippen LogP contribution in [0.1, 0.15) is 18.1 Å². The van der Waals surface area contributed by atoms with Crippen molar-refractivity contribution in [3.05, 3.63) is 53.6 Å². The van der Waals surface area contributed by atoms with Gasteiger partial charge in [-0.3, -0.25) is 4.79 Å². The lowest BCUT2D eigenvalue weighted by Crippen LogP contribution is -2.23. The number of alkyl halides is 2. The van der Waals surface area contributed by atoms with Gasteiger partial charge >= 0.3 is 6.61 Å². The van der Waals surface area contributed by atoms with E-state index in [0.717, 1.165) is 16.8 Å². The molecule has 2 aromatic carbocycles. The largest absolute Gasteiger partial charge is 0.435 e.